The van der Waals surface area contributed by atoms with Gasteiger partial charge in [0.1, 0.15) is 0 Å². The molecule has 0 saturated heterocycles. The number of likely N-dealkylation sites (N-methyl/N-ethyl adjacent to an activating group) is 1. The maximum Gasteiger partial charge on any atom is 0.233 e. The highest BCUT2D eigenvalue weighted by Gasteiger charge is 2.14. The summed E-state index contributed by atoms with van der Waals surface area (Å²) in [6.07, 6.45) is 0.264. The monoisotopic (exact) mass is 250 g/mol. The van der Waals surface area contributed by atoms with Crippen molar-refractivity contribution in [1.29, 1.82) is 0 Å². The summed E-state index contributed by atoms with van der Waals surface area (Å²) < 4.78 is 0. The fraction of sp³-hybridized carbons (Fsp3) is 0.500. The van der Waals surface area contributed by atoms with Crippen LogP contribution in [0.5, 0.6) is 0 Å². The van der Waals surface area contributed by atoms with Crippen LogP contribution in [0.2, 0.25) is 0 Å². The van der Waals surface area contributed by atoms with E-state index in [2.05, 4.69) is 10.6 Å². The first-order valence-electron chi connectivity index (χ1n) is 6.27. The molecule has 1 amide bonds. The van der Waals surface area contributed by atoms with Gasteiger partial charge in [0, 0.05) is 12.5 Å². The molecule has 0 aliphatic heterocycles. The van der Waals surface area contributed by atoms with Gasteiger partial charge in [-0.1, -0.05) is 30.3 Å². The SMILES string of the molecule is CNCC(=O)NCC(CC(C)O)c1ccccc1. The van der Waals surface area contributed by atoms with E-state index in [0.29, 0.717) is 19.5 Å². The van der Waals surface area contributed by atoms with Gasteiger partial charge in [-0.25, -0.2) is 0 Å². The van der Waals surface area contributed by atoms with Crippen molar-refractivity contribution in [1.82, 2.24) is 10.6 Å². The average molecular weight is 250 g/mol. The Kier molecular flexibility index (Phi) is 6.39. The van der Waals surface area contributed by atoms with Crippen LogP contribution in [-0.2, 0) is 4.79 Å². The lowest BCUT2D eigenvalue weighted by Crippen LogP contribution is -2.35. The Hall–Kier alpha value is -1.39. The molecule has 0 saturated carbocycles. The van der Waals surface area contributed by atoms with Crippen LogP contribution < -0.4 is 10.6 Å². The first-order chi connectivity index (χ1) is 8.63. The zero-order valence-electron chi connectivity index (χ0n) is 11.0. The topological polar surface area (TPSA) is 61.4 Å². The average Bonchev–Trinajstić information content (AvgIpc) is 2.35. The molecular formula is C14H22N2O2. The fourth-order valence-electron chi connectivity index (χ4n) is 1.93. The lowest BCUT2D eigenvalue weighted by molar-refractivity contribution is -0.120. The van der Waals surface area contributed by atoms with Crippen molar-refractivity contribution in [2.45, 2.75) is 25.4 Å². The van der Waals surface area contributed by atoms with E-state index in [1.54, 1.807) is 14.0 Å². The Labute approximate surface area is 108 Å². The zero-order valence-corrected chi connectivity index (χ0v) is 11.0. The lowest BCUT2D eigenvalue weighted by Gasteiger charge is -2.19. The Morgan fingerprint density at radius 1 is 1.33 bits per heavy atom. The van der Waals surface area contributed by atoms with Gasteiger partial charge in [0.05, 0.1) is 12.6 Å². The van der Waals surface area contributed by atoms with Crippen molar-refractivity contribution in [3.8, 4) is 0 Å². The van der Waals surface area contributed by atoms with E-state index in [-0.39, 0.29) is 17.9 Å². The number of hydrogen-bond acceptors (Lipinski definition) is 3. The number of rotatable bonds is 7. The normalized spacial score (nSPS) is 13.9. The minimum atomic E-state index is -0.378. The van der Waals surface area contributed by atoms with Gasteiger partial charge in [-0.2, -0.15) is 0 Å². The predicted octanol–water partition coefficient (Wildman–Crippen LogP) is 0.877. The van der Waals surface area contributed by atoms with E-state index in [1.165, 1.54) is 0 Å². The minimum Gasteiger partial charge on any atom is -0.393 e. The third kappa shape index (κ3) is 5.29. The Balaban J connectivity index is 2.59. The van der Waals surface area contributed by atoms with Crippen LogP contribution in [0.4, 0.5) is 0 Å². The number of carbonyl (C=O) groups is 1. The van der Waals surface area contributed by atoms with Crippen molar-refractivity contribution in [3.63, 3.8) is 0 Å². The Morgan fingerprint density at radius 3 is 2.56 bits per heavy atom. The standard InChI is InChI=1S/C14H22N2O2/c1-11(17)8-13(9-16-14(18)10-15-2)12-6-4-3-5-7-12/h3-7,11,13,15,17H,8-10H2,1-2H3,(H,16,18). The zero-order chi connectivity index (χ0) is 13.4. The summed E-state index contributed by atoms with van der Waals surface area (Å²) in [6.45, 7) is 2.64. The summed E-state index contributed by atoms with van der Waals surface area (Å²) in [5, 5.41) is 15.2. The van der Waals surface area contributed by atoms with E-state index < -0.39 is 0 Å². The van der Waals surface area contributed by atoms with Crippen molar-refractivity contribution >= 4 is 5.91 Å². The van der Waals surface area contributed by atoms with Gasteiger partial charge in [-0.05, 0) is 26.0 Å². The molecule has 0 spiro atoms. The smallest absolute Gasteiger partial charge is 0.233 e. The quantitative estimate of drug-likeness (QED) is 0.673. The van der Waals surface area contributed by atoms with Gasteiger partial charge in [0.2, 0.25) is 5.91 Å². The van der Waals surface area contributed by atoms with Crippen molar-refractivity contribution in [2.24, 2.45) is 0 Å². The molecule has 0 fully saturated rings. The second-order valence-electron chi connectivity index (χ2n) is 4.53. The molecule has 0 heterocycles. The number of carbonyl (C=O) groups excluding carboxylic acids is 1. The third-order valence-corrected chi connectivity index (χ3v) is 2.78. The van der Waals surface area contributed by atoms with Crippen LogP contribution in [0, 0.1) is 0 Å². The van der Waals surface area contributed by atoms with Crippen LogP contribution in [-0.4, -0.2) is 37.3 Å². The van der Waals surface area contributed by atoms with Gasteiger partial charge < -0.3 is 15.7 Å². The molecule has 1 rings (SSSR count). The third-order valence-electron chi connectivity index (χ3n) is 2.78. The number of amides is 1. The molecule has 0 aliphatic carbocycles. The van der Waals surface area contributed by atoms with Gasteiger partial charge in [0.25, 0.3) is 0 Å². The molecule has 2 atom stereocenters. The van der Waals surface area contributed by atoms with Crippen molar-refractivity contribution < 1.29 is 9.90 Å². The van der Waals surface area contributed by atoms with Gasteiger partial charge in [-0.3, -0.25) is 4.79 Å². The maximum absolute atomic E-state index is 11.4. The maximum atomic E-state index is 11.4. The molecule has 3 N–H and O–H groups in total. The Bertz CT molecular complexity index is 352. The molecule has 0 radical (unpaired) electrons. The predicted molar refractivity (Wildman–Crippen MR) is 72.4 cm³/mol. The van der Waals surface area contributed by atoms with Crippen LogP contribution in [0.3, 0.4) is 0 Å². The second kappa shape index (κ2) is 7.84. The number of aliphatic hydroxyl groups excluding tert-OH is 1. The van der Waals surface area contributed by atoms with Crippen molar-refractivity contribution in [2.75, 3.05) is 20.1 Å². The number of aliphatic hydroxyl groups is 1. The van der Waals surface area contributed by atoms with E-state index in [0.717, 1.165) is 5.56 Å². The van der Waals surface area contributed by atoms with Crippen LogP contribution >= 0.6 is 0 Å². The van der Waals surface area contributed by atoms with E-state index in [9.17, 15) is 9.90 Å². The van der Waals surface area contributed by atoms with Crippen LogP contribution in [0.1, 0.15) is 24.8 Å². The fourth-order valence-corrected chi connectivity index (χ4v) is 1.93. The molecule has 0 bridgehead atoms. The number of benzene rings is 1. The first-order valence-corrected chi connectivity index (χ1v) is 6.27. The molecular weight excluding hydrogens is 228 g/mol. The van der Waals surface area contributed by atoms with E-state index >= 15 is 0 Å². The second-order valence-corrected chi connectivity index (χ2v) is 4.53. The van der Waals surface area contributed by atoms with Crippen LogP contribution in [0.15, 0.2) is 30.3 Å². The van der Waals surface area contributed by atoms with Crippen molar-refractivity contribution in [3.05, 3.63) is 35.9 Å². The van der Waals surface area contributed by atoms with Gasteiger partial charge in [0.15, 0.2) is 0 Å². The summed E-state index contributed by atoms with van der Waals surface area (Å²) in [7, 11) is 1.74. The molecule has 0 aliphatic rings. The van der Waals surface area contributed by atoms with E-state index in [1.807, 2.05) is 30.3 Å². The summed E-state index contributed by atoms with van der Waals surface area (Å²) in [4.78, 5) is 11.4. The molecule has 4 nitrogen and oxygen atoms in total. The molecule has 18 heavy (non-hydrogen) atoms. The molecule has 1 aromatic rings. The highest BCUT2D eigenvalue weighted by molar-refractivity contribution is 5.77. The largest absolute Gasteiger partial charge is 0.393 e. The molecule has 1 aromatic carbocycles. The lowest BCUT2D eigenvalue weighted by atomic mass is 9.93. The van der Waals surface area contributed by atoms with Crippen LogP contribution in [0.25, 0.3) is 0 Å². The number of hydrogen-bond donors (Lipinski definition) is 3. The summed E-state index contributed by atoms with van der Waals surface area (Å²) in [5.41, 5.74) is 1.14. The van der Waals surface area contributed by atoms with Gasteiger partial charge in [-0.15, -0.1) is 0 Å². The summed E-state index contributed by atoms with van der Waals surface area (Å²) >= 11 is 0. The molecule has 4 heteroatoms. The number of nitrogens with one attached hydrogen (secondary N) is 2. The highest BCUT2D eigenvalue weighted by Crippen LogP contribution is 2.20. The molecule has 2 unspecified atom stereocenters. The summed E-state index contributed by atoms with van der Waals surface area (Å²) in [6, 6.07) is 9.96. The molecule has 100 valence electrons. The van der Waals surface area contributed by atoms with Gasteiger partial charge >= 0.3 is 0 Å². The molecule has 0 aromatic heterocycles. The van der Waals surface area contributed by atoms with E-state index in [4.69, 9.17) is 0 Å². The Morgan fingerprint density at radius 2 is 2.00 bits per heavy atom. The first kappa shape index (κ1) is 14.7. The summed E-state index contributed by atoms with van der Waals surface area (Å²) in [5.74, 6) is 0.121. The highest BCUT2D eigenvalue weighted by atomic mass is 16.3. The minimum absolute atomic E-state index is 0.0241.